The van der Waals surface area contributed by atoms with Crippen LogP contribution in [0.25, 0.3) is 0 Å². The second-order valence-corrected chi connectivity index (χ2v) is 6.40. The number of halogens is 1. The molecule has 0 heterocycles. The van der Waals surface area contributed by atoms with Crippen LogP contribution in [-0.4, -0.2) is 5.91 Å². The predicted octanol–water partition coefficient (Wildman–Crippen LogP) is 4.81. The Balaban J connectivity index is 1.98. The van der Waals surface area contributed by atoms with Crippen molar-refractivity contribution >= 4 is 21.8 Å². The van der Waals surface area contributed by atoms with Gasteiger partial charge in [0.1, 0.15) is 0 Å². The highest BCUT2D eigenvalue weighted by Crippen LogP contribution is 2.18. The molecule has 2 nitrogen and oxygen atoms in total. The molecule has 1 amide bonds. The molecule has 2 rings (SSSR count). The van der Waals surface area contributed by atoms with Gasteiger partial charge in [-0.05, 0) is 41.7 Å². The molecule has 1 N–H and O–H groups in total. The fourth-order valence-corrected chi connectivity index (χ4v) is 2.42. The van der Waals surface area contributed by atoms with Gasteiger partial charge in [0.25, 0.3) is 5.91 Å². The Bertz CT molecular complexity index is 632. The number of aryl methyl sites for hydroxylation is 1. The molecule has 0 saturated heterocycles. The maximum Gasteiger partial charge on any atom is 0.251 e. The van der Waals surface area contributed by atoms with Crippen molar-refractivity contribution < 1.29 is 4.79 Å². The van der Waals surface area contributed by atoms with Crippen LogP contribution in [0.4, 0.5) is 0 Å². The summed E-state index contributed by atoms with van der Waals surface area (Å²) in [5.74, 6) is 0.474. The average molecular weight is 346 g/mol. The van der Waals surface area contributed by atoms with Gasteiger partial charge in [-0.2, -0.15) is 0 Å². The highest BCUT2D eigenvalue weighted by molar-refractivity contribution is 9.10. The standard InChI is InChI=1S/C18H20BrNO/c1-12(2)15-8-5-14(6-9-15)11-20-18(21)16-7-4-13(3)17(19)10-16/h4-10,12H,11H2,1-3H3,(H,20,21). The van der Waals surface area contributed by atoms with Gasteiger partial charge >= 0.3 is 0 Å². The molecule has 0 spiro atoms. The molecule has 110 valence electrons. The highest BCUT2D eigenvalue weighted by Gasteiger charge is 2.07. The predicted molar refractivity (Wildman–Crippen MR) is 90.6 cm³/mol. The van der Waals surface area contributed by atoms with E-state index in [0.717, 1.165) is 15.6 Å². The number of hydrogen-bond acceptors (Lipinski definition) is 1. The normalized spacial score (nSPS) is 10.7. The van der Waals surface area contributed by atoms with Gasteiger partial charge in [-0.25, -0.2) is 0 Å². The van der Waals surface area contributed by atoms with Crippen LogP contribution in [0.1, 0.15) is 46.8 Å². The first-order chi connectivity index (χ1) is 9.97. The Morgan fingerprint density at radius 3 is 2.38 bits per heavy atom. The Hall–Kier alpha value is -1.61. The van der Waals surface area contributed by atoms with Crippen LogP contribution in [0, 0.1) is 6.92 Å². The second kappa shape index (κ2) is 6.90. The molecule has 0 aromatic heterocycles. The lowest BCUT2D eigenvalue weighted by atomic mass is 10.0. The van der Waals surface area contributed by atoms with E-state index in [-0.39, 0.29) is 5.91 Å². The molecule has 0 bridgehead atoms. The van der Waals surface area contributed by atoms with Gasteiger partial charge in [-0.15, -0.1) is 0 Å². The smallest absolute Gasteiger partial charge is 0.251 e. The molecule has 3 heteroatoms. The first-order valence-electron chi connectivity index (χ1n) is 7.10. The van der Waals surface area contributed by atoms with E-state index >= 15 is 0 Å². The van der Waals surface area contributed by atoms with E-state index in [1.165, 1.54) is 5.56 Å². The van der Waals surface area contributed by atoms with Crippen molar-refractivity contribution in [1.29, 1.82) is 0 Å². The van der Waals surface area contributed by atoms with Crippen LogP contribution in [0.5, 0.6) is 0 Å². The van der Waals surface area contributed by atoms with E-state index < -0.39 is 0 Å². The van der Waals surface area contributed by atoms with Gasteiger partial charge in [-0.1, -0.05) is 60.1 Å². The van der Waals surface area contributed by atoms with E-state index in [9.17, 15) is 4.79 Å². The zero-order chi connectivity index (χ0) is 15.4. The quantitative estimate of drug-likeness (QED) is 0.846. The lowest BCUT2D eigenvalue weighted by Gasteiger charge is -2.09. The molecule has 2 aromatic carbocycles. The van der Waals surface area contributed by atoms with E-state index in [1.54, 1.807) is 0 Å². The summed E-state index contributed by atoms with van der Waals surface area (Å²) in [6, 6.07) is 14.0. The fourth-order valence-electron chi connectivity index (χ4n) is 2.04. The molecule has 2 aromatic rings. The van der Waals surface area contributed by atoms with Crippen LogP contribution in [0.3, 0.4) is 0 Å². The maximum atomic E-state index is 12.1. The van der Waals surface area contributed by atoms with Gasteiger partial charge in [-0.3, -0.25) is 4.79 Å². The number of rotatable bonds is 4. The van der Waals surface area contributed by atoms with Crippen LogP contribution in [0.15, 0.2) is 46.9 Å². The Morgan fingerprint density at radius 1 is 1.14 bits per heavy atom. The van der Waals surface area contributed by atoms with Crippen LogP contribution in [0.2, 0.25) is 0 Å². The van der Waals surface area contributed by atoms with Crippen LogP contribution >= 0.6 is 15.9 Å². The molecular weight excluding hydrogens is 326 g/mol. The van der Waals surface area contributed by atoms with Crippen molar-refractivity contribution in [3.8, 4) is 0 Å². The minimum absolute atomic E-state index is 0.0522. The lowest BCUT2D eigenvalue weighted by molar-refractivity contribution is 0.0951. The molecule has 0 aliphatic carbocycles. The third-order valence-electron chi connectivity index (χ3n) is 3.53. The molecule has 0 aliphatic heterocycles. The van der Waals surface area contributed by atoms with Crippen molar-refractivity contribution in [1.82, 2.24) is 5.32 Å². The highest BCUT2D eigenvalue weighted by atomic mass is 79.9. The topological polar surface area (TPSA) is 29.1 Å². The molecular formula is C18H20BrNO. The summed E-state index contributed by atoms with van der Waals surface area (Å²) < 4.78 is 0.955. The summed E-state index contributed by atoms with van der Waals surface area (Å²) in [5.41, 5.74) is 4.22. The first kappa shape index (κ1) is 15.8. The van der Waals surface area contributed by atoms with Crippen molar-refractivity contribution in [2.45, 2.75) is 33.2 Å². The van der Waals surface area contributed by atoms with Crippen LogP contribution in [-0.2, 0) is 6.54 Å². The summed E-state index contributed by atoms with van der Waals surface area (Å²) in [5, 5.41) is 2.95. The van der Waals surface area contributed by atoms with Crippen molar-refractivity contribution in [3.05, 3.63) is 69.2 Å². The number of carbonyl (C=O) groups is 1. The zero-order valence-electron chi connectivity index (χ0n) is 12.6. The van der Waals surface area contributed by atoms with Gasteiger partial charge in [0.05, 0.1) is 0 Å². The molecule has 0 aliphatic rings. The van der Waals surface area contributed by atoms with E-state index in [0.29, 0.717) is 18.0 Å². The number of hydrogen-bond donors (Lipinski definition) is 1. The first-order valence-corrected chi connectivity index (χ1v) is 7.90. The molecule has 0 atom stereocenters. The number of nitrogens with one attached hydrogen (secondary N) is 1. The van der Waals surface area contributed by atoms with Crippen molar-refractivity contribution in [2.24, 2.45) is 0 Å². The Morgan fingerprint density at radius 2 is 1.81 bits per heavy atom. The molecule has 0 radical (unpaired) electrons. The van der Waals surface area contributed by atoms with Crippen molar-refractivity contribution in [3.63, 3.8) is 0 Å². The summed E-state index contributed by atoms with van der Waals surface area (Å²) in [7, 11) is 0. The number of benzene rings is 2. The minimum atomic E-state index is -0.0522. The van der Waals surface area contributed by atoms with E-state index in [2.05, 4.69) is 59.4 Å². The fraction of sp³-hybridized carbons (Fsp3) is 0.278. The Kier molecular flexibility index (Phi) is 5.18. The zero-order valence-corrected chi connectivity index (χ0v) is 14.2. The maximum absolute atomic E-state index is 12.1. The van der Waals surface area contributed by atoms with Gasteiger partial charge < -0.3 is 5.32 Å². The lowest BCUT2D eigenvalue weighted by Crippen LogP contribution is -2.22. The monoisotopic (exact) mass is 345 g/mol. The molecule has 0 unspecified atom stereocenters. The largest absolute Gasteiger partial charge is 0.348 e. The molecule has 0 fully saturated rings. The van der Waals surface area contributed by atoms with Gasteiger partial charge in [0.15, 0.2) is 0 Å². The van der Waals surface area contributed by atoms with Crippen LogP contribution < -0.4 is 5.32 Å². The minimum Gasteiger partial charge on any atom is -0.348 e. The summed E-state index contributed by atoms with van der Waals surface area (Å²) in [6.07, 6.45) is 0. The van der Waals surface area contributed by atoms with Crippen molar-refractivity contribution in [2.75, 3.05) is 0 Å². The van der Waals surface area contributed by atoms with Gasteiger partial charge in [0.2, 0.25) is 0 Å². The van der Waals surface area contributed by atoms with E-state index in [1.807, 2.05) is 25.1 Å². The average Bonchev–Trinajstić information content (AvgIpc) is 2.48. The summed E-state index contributed by atoms with van der Waals surface area (Å²) in [4.78, 5) is 12.1. The third kappa shape index (κ3) is 4.18. The number of carbonyl (C=O) groups excluding carboxylic acids is 1. The SMILES string of the molecule is Cc1ccc(C(=O)NCc2ccc(C(C)C)cc2)cc1Br. The third-order valence-corrected chi connectivity index (χ3v) is 4.39. The summed E-state index contributed by atoms with van der Waals surface area (Å²) in [6.45, 7) is 6.89. The van der Waals surface area contributed by atoms with E-state index in [4.69, 9.17) is 0 Å². The second-order valence-electron chi connectivity index (χ2n) is 5.54. The number of amides is 1. The molecule has 21 heavy (non-hydrogen) atoms. The summed E-state index contributed by atoms with van der Waals surface area (Å²) >= 11 is 3.45. The Labute approximate surface area is 134 Å². The van der Waals surface area contributed by atoms with Gasteiger partial charge in [0, 0.05) is 16.6 Å². The molecule has 0 saturated carbocycles.